The van der Waals surface area contributed by atoms with Crippen molar-refractivity contribution in [3.05, 3.63) is 27.4 Å². The summed E-state index contributed by atoms with van der Waals surface area (Å²) >= 11 is 0. The average molecular weight is 205 g/mol. The number of H-pyrrole nitrogens is 1. The highest BCUT2D eigenvalue weighted by atomic mass is 16.1. The fourth-order valence-electron chi connectivity index (χ4n) is 2.36. The van der Waals surface area contributed by atoms with Crippen LogP contribution in [0.3, 0.4) is 0 Å². The second-order valence-corrected chi connectivity index (χ2v) is 4.54. The van der Waals surface area contributed by atoms with Crippen molar-refractivity contribution in [3.8, 4) is 0 Å². The third kappa shape index (κ3) is 1.32. The van der Waals surface area contributed by atoms with E-state index in [9.17, 15) is 4.79 Å². The SMILES string of the molecule is CC1NCc2nc(C3CCC3)[nH]c(=O)c21. The van der Waals surface area contributed by atoms with Crippen LogP contribution in [-0.4, -0.2) is 9.97 Å². The van der Waals surface area contributed by atoms with Crippen LogP contribution >= 0.6 is 0 Å². The Morgan fingerprint density at radius 1 is 1.40 bits per heavy atom. The number of nitrogens with one attached hydrogen (secondary N) is 2. The Hall–Kier alpha value is -1.16. The number of hydrogen-bond donors (Lipinski definition) is 2. The van der Waals surface area contributed by atoms with Crippen molar-refractivity contribution < 1.29 is 0 Å². The van der Waals surface area contributed by atoms with Crippen molar-refractivity contribution in [2.75, 3.05) is 0 Å². The fourth-order valence-corrected chi connectivity index (χ4v) is 2.36. The lowest BCUT2D eigenvalue weighted by atomic mass is 9.85. The Kier molecular flexibility index (Phi) is 1.92. The molecule has 80 valence electrons. The molecule has 3 rings (SSSR count). The van der Waals surface area contributed by atoms with Gasteiger partial charge in [-0.3, -0.25) is 4.79 Å². The second-order valence-electron chi connectivity index (χ2n) is 4.54. The van der Waals surface area contributed by atoms with Crippen molar-refractivity contribution in [2.24, 2.45) is 0 Å². The summed E-state index contributed by atoms with van der Waals surface area (Å²) in [4.78, 5) is 19.4. The summed E-state index contributed by atoms with van der Waals surface area (Å²) in [6.45, 7) is 2.74. The lowest BCUT2D eigenvalue weighted by Crippen LogP contribution is -2.23. The molecule has 1 atom stereocenters. The molecule has 0 radical (unpaired) electrons. The Balaban J connectivity index is 2.07. The fraction of sp³-hybridized carbons (Fsp3) is 0.636. The highest BCUT2D eigenvalue weighted by molar-refractivity contribution is 5.26. The third-order valence-corrected chi connectivity index (χ3v) is 3.55. The Bertz CT molecular complexity index is 448. The summed E-state index contributed by atoms with van der Waals surface area (Å²) in [6, 6.07) is 0.145. The predicted molar refractivity (Wildman–Crippen MR) is 56.7 cm³/mol. The Morgan fingerprint density at radius 3 is 2.87 bits per heavy atom. The summed E-state index contributed by atoms with van der Waals surface area (Å²) < 4.78 is 0. The molecule has 4 heteroatoms. The molecule has 1 aliphatic heterocycles. The second kappa shape index (κ2) is 3.17. The number of aromatic nitrogens is 2. The van der Waals surface area contributed by atoms with Gasteiger partial charge < -0.3 is 10.3 Å². The van der Waals surface area contributed by atoms with Crippen molar-refractivity contribution in [1.29, 1.82) is 0 Å². The summed E-state index contributed by atoms with van der Waals surface area (Å²) in [6.07, 6.45) is 3.61. The molecule has 0 bridgehead atoms. The van der Waals surface area contributed by atoms with Gasteiger partial charge in [-0.15, -0.1) is 0 Å². The highest BCUT2D eigenvalue weighted by Crippen LogP contribution is 2.34. The topological polar surface area (TPSA) is 57.8 Å². The lowest BCUT2D eigenvalue weighted by Gasteiger charge is -2.24. The zero-order valence-electron chi connectivity index (χ0n) is 8.84. The maximum Gasteiger partial charge on any atom is 0.255 e. The summed E-state index contributed by atoms with van der Waals surface area (Å²) in [5.41, 5.74) is 1.84. The largest absolute Gasteiger partial charge is 0.310 e. The van der Waals surface area contributed by atoms with E-state index in [1.54, 1.807) is 0 Å². The third-order valence-electron chi connectivity index (χ3n) is 3.55. The normalized spacial score (nSPS) is 25.0. The van der Waals surface area contributed by atoms with E-state index in [0.29, 0.717) is 5.92 Å². The van der Waals surface area contributed by atoms with Crippen LogP contribution in [0.1, 0.15) is 55.2 Å². The molecule has 1 unspecified atom stereocenters. The van der Waals surface area contributed by atoms with E-state index in [1.807, 2.05) is 6.92 Å². The number of fused-ring (bicyclic) bond motifs is 1. The standard InChI is InChI=1S/C11H15N3O/c1-6-9-8(5-12-6)13-10(14-11(9)15)7-3-2-4-7/h6-7,12H,2-5H2,1H3,(H,13,14,15). The van der Waals surface area contributed by atoms with Crippen LogP contribution in [0.4, 0.5) is 0 Å². The first-order valence-electron chi connectivity index (χ1n) is 5.62. The molecule has 1 aliphatic carbocycles. The van der Waals surface area contributed by atoms with Gasteiger partial charge in [-0.25, -0.2) is 4.98 Å². The average Bonchev–Trinajstić information content (AvgIpc) is 2.44. The maximum absolute atomic E-state index is 11.9. The van der Waals surface area contributed by atoms with Crippen molar-refractivity contribution in [1.82, 2.24) is 15.3 Å². The van der Waals surface area contributed by atoms with Gasteiger partial charge in [-0.1, -0.05) is 6.42 Å². The predicted octanol–water partition coefficient (Wildman–Crippen LogP) is 1.20. The molecule has 2 N–H and O–H groups in total. The van der Waals surface area contributed by atoms with E-state index in [2.05, 4.69) is 15.3 Å². The monoisotopic (exact) mass is 205 g/mol. The quantitative estimate of drug-likeness (QED) is 0.724. The van der Waals surface area contributed by atoms with E-state index >= 15 is 0 Å². The Labute approximate surface area is 88.1 Å². The summed E-state index contributed by atoms with van der Waals surface area (Å²) in [5, 5.41) is 3.25. The molecule has 2 heterocycles. The van der Waals surface area contributed by atoms with Crippen LogP contribution < -0.4 is 10.9 Å². The molecule has 1 aromatic heterocycles. The minimum absolute atomic E-state index is 0.0550. The van der Waals surface area contributed by atoms with Gasteiger partial charge in [0.1, 0.15) is 5.82 Å². The number of hydrogen-bond acceptors (Lipinski definition) is 3. The molecule has 0 saturated heterocycles. The molecule has 15 heavy (non-hydrogen) atoms. The van der Waals surface area contributed by atoms with Gasteiger partial charge in [0.05, 0.1) is 11.3 Å². The van der Waals surface area contributed by atoms with Gasteiger partial charge in [0.15, 0.2) is 0 Å². The van der Waals surface area contributed by atoms with Crippen LogP contribution in [0.5, 0.6) is 0 Å². The first-order valence-corrected chi connectivity index (χ1v) is 5.62. The zero-order valence-corrected chi connectivity index (χ0v) is 8.84. The van der Waals surface area contributed by atoms with Gasteiger partial charge in [0.2, 0.25) is 0 Å². The molecular weight excluding hydrogens is 190 g/mol. The van der Waals surface area contributed by atoms with E-state index in [1.165, 1.54) is 19.3 Å². The van der Waals surface area contributed by atoms with Crippen molar-refractivity contribution in [2.45, 2.75) is 44.7 Å². The van der Waals surface area contributed by atoms with E-state index < -0.39 is 0 Å². The summed E-state index contributed by atoms with van der Waals surface area (Å²) in [7, 11) is 0. The van der Waals surface area contributed by atoms with Crippen LogP contribution in [0.2, 0.25) is 0 Å². The molecule has 2 aliphatic rings. The zero-order chi connectivity index (χ0) is 10.4. The smallest absolute Gasteiger partial charge is 0.255 e. The van der Waals surface area contributed by atoms with Gasteiger partial charge in [-0.05, 0) is 19.8 Å². The first kappa shape index (κ1) is 9.09. The number of nitrogens with zero attached hydrogens (tertiary/aromatic N) is 1. The molecule has 0 spiro atoms. The molecule has 4 nitrogen and oxygen atoms in total. The van der Waals surface area contributed by atoms with Crippen LogP contribution in [0.15, 0.2) is 4.79 Å². The van der Waals surface area contributed by atoms with Gasteiger partial charge in [0, 0.05) is 18.5 Å². The molecular formula is C11H15N3O. The van der Waals surface area contributed by atoms with Crippen molar-refractivity contribution >= 4 is 0 Å². The molecule has 0 amide bonds. The molecule has 1 fully saturated rings. The summed E-state index contributed by atoms with van der Waals surface area (Å²) in [5.74, 6) is 1.40. The van der Waals surface area contributed by atoms with Gasteiger partial charge in [0.25, 0.3) is 5.56 Å². The number of rotatable bonds is 1. The van der Waals surface area contributed by atoms with E-state index in [0.717, 1.165) is 23.6 Å². The highest BCUT2D eigenvalue weighted by Gasteiger charge is 2.27. The first-order chi connectivity index (χ1) is 7.25. The molecule has 1 aromatic rings. The van der Waals surface area contributed by atoms with E-state index in [4.69, 9.17) is 0 Å². The minimum atomic E-state index is 0.0550. The van der Waals surface area contributed by atoms with Crippen LogP contribution in [0.25, 0.3) is 0 Å². The van der Waals surface area contributed by atoms with Crippen LogP contribution in [-0.2, 0) is 6.54 Å². The van der Waals surface area contributed by atoms with Gasteiger partial charge in [-0.2, -0.15) is 0 Å². The maximum atomic E-state index is 11.9. The minimum Gasteiger partial charge on any atom is -0.310 e. The lowest BCUT2D eigenvalue weighted by molar-refractivity contribution is 0.399. The molecule has 1 saturated carbocycles. The van der Waals surface area contributed by atoms with Gasteiger partial charge >= 0.3 is 0 Å². The molecule has 0 aromatic carbocycles. The Morgan fingerprint density at radius 2 is 2.20 bits per heavy atom. The number of aromatic amines is 1. The van der Waals surface area contributed by atoms with E-state index in [-0.39, 0.29) is 11.6 Å². The van der Waals surface area contributed by atoms with Crippen LogP contribution in [0, 0.1) is 0 Å². The van der Waals surface area contributed by atoms with Crippen molar-refractivity contribution in [3.63, 3.8) is 0 Å².